The molecular weight excluding hydrogens is 310 g/mol. The third-order valence-corrected chi connectivity index (χ3v) is 4.74. The first-order valence-electron chi connectivity index (χ1n) is 9.30. The lowest BCUT2D eigenvalue weighted by Crippen LogP contribution is -2.33. The van der Waals surface area contributed by atoms with Gasteiger partial charge in [-0.05, 0) is 56.3 Å². The van der Waals surface area contributed by atoms with Crippen molar-refractivity contribution in [1.82, 2.24) is 15.2 Å². The average Bonchev–Trinajstić information content (AvgIpc) is 2.67. The van der Waals surface area contributed by atoms with Gasteiger partial charge in [-0.2, -0.15) is 0 Å². The standard InChI is InChI=1S/C21H29N3O/c1-24(14-11-20-6-2-3-13-23-20)16-18-7-9-21(10-8-18)25-17-19-5-4-12-22-15-19/h2-3,6-10,13,19,22H,4-5,11-12,14-17H2,1H3/t19-/m1/s1. The fourth-order valence-corrected chi connectivity index (χ4v) is 3.21. The molecule has 2 heterocycles. The highest BCUT2D eigenvalue weighted by Gasteiger charge is 2.13. The third-order valence-electron chi connectivity index (χ3n) is 4.74. The lowest BCUT2D eigenvalue weighted by atomic mass is 10.0. The number of likely N-dealkylation sites (N-methyl/N-ethyl adjacent to an activating group) is 1. The molecule has 4 nitrogen and oxygen atoms in total. The minimum absolute atomic E-state index is 0.645. The number of hydrogen-bond acceptors (Lipinski definition) is 4. The summed E-state index contributed by atoms with van der Waals surface area (Å²) in [7, 11) is 2.16. The molecule has 1 saturated heterocycles. The predicted molar refractivity (Wildman–Crippen MR) is 102 cm³/mol. The number of hydrogen-bond donors (Lipinski definition) is 1. The fourth-order valence-electron chi connectivity index (χ4n) is 3.21. The van der Waals surface area contributed by atoms with E-state index < -0.39 is 0 Å². The van der Waals surface area contributed by atoms with Crippen molar-refractivity contribution in [3.8, 4) is 5.75 Å². The van der Waals surface area contributed by atoms with Gasteiger partial charge in [0.05, 0.1) is 6.61 Å². The summed E-state index contributed by atoms with van der Waals surface area (Å²) in [6, 6.07) is 14.6. The molecule has 0 radical (unpaired) electrons. The van der Waals surface area contributed by atoms with E-state index in [0.717, 1.165) is 50.7 Å². The monoisotopic (exact) mass is 339 g/mol. The maximum absolute atomic E-state index is 5.95. The number of rotatable bonds is 8. The molecule has 2 aromatic rings. The lowest BCUT2D eigenvalue weighted by molar-refractivity contribution is 0.218. The van der Waals surface area contributed by atoms with E-state index in [1.165, 1.54) is 18.4 Å². The van der Waals surface area contributed by atoms with Gasteiger partial charge in [0.15, 0.2) is 0 Å². The van der Waals surface area contributed by atoms with Gasteiger partial charge in [0.25, 0.3) is 0 Å². The number of aromatic nitrogens is 1. The highest BCUT2D eigenvalue weighted by Crippen LogP contribution is 2.16. The summed E-state index contributed by atoms with van der Waals surface area (Å²) in [5.74, 6) is 1.62. The quantitative estimate of drug-likeness (QED) is 0.802. The van der Waals surface area contributed by atoms with Crippen LogP contribution >= 0.6 is 0 Å². The summed E-state index contributed by atoms with van der Waals surface area (Å²) in [4.78, 5) is 6.71. The Bertz CT molecular complexity index is 609. The van der Waals surface area contributed by atoms with E-state index >= 15 is 0 Å². The second kappa shape index (κ2) is 9.54. The van der Waals surface area contributed by atoms with Crippen LogP contribution < -0.4 is 10.1 Å². The summed E-state index contributed by atoms with van der Waals surface area (Å²) >= 11 is 0. The van der Waals surface area contributed by atoms with Crippen LogP contribution in [0.25, 0.3) is 0 Å². The van der Waals surface area contributed by atoms with Gasteiger partial charge in [0.2, 0.25) is 0 Å². The van der Waals surface area contributed by atoms with Gasteiger partial charge < -0.3 is 15.0 Å². The van der Waals surface area contributed by atoms with E-state index in [9.17, 15) is 0 Å². The van der Waals surface area contributed by atoms with E-state index in [1.807, 2.05) is 18.3 Å². The predicted octanol–water partition coefficient (Wildman–Crippen LogP) is 3.13. The Labute approximate surface area is 151 Å². The first-order valence-corrected chi connectivity index (χ1v) is 9.30. The van der Waals surface area contributed by atoms with Gasteiger partial charge in [0.1, 0.15) is 5.75 Å². The summed E-state index contributed by atoms with van der Waals surface area (Å²) in [6.45, 7) is 5.00. The highest BCUT2D eigenvalue weighted by molar-refractivity contribution is 5.27. The number of nitrogens with zero attached hydrogens (tertiary/aromatic N) is 2. The molecule has 4 heteroatoms. The van der Waals surface area contributed by atoms with Crippen LogP contribution in [-0.2, 0) is 13.0 Å². The van der Waals surface area contributed by atoms with Gasteiger partial charge in [-0.1, -0.05) is 18.2 Å². The Kier molecular flexibility index (Phi) is 6.83. The van der Waals surface area contributed by atoms with Crippen molar-refractivity contribution in [2.75, 3.05) is 33.3 Å². The zero-order valence-corrected chi connectivity index (χ0v) is 15.2. The molecule has 1 aromatic heterocycles. The fraction of sp³-hybridized carbons (Fsp3) is 0.476. The number of ether oxygens (including phenoxy) is 1. The van der Waals surface area contributed by atoms with Gasteiger partial charge in [-0.15, -0.1) is 0 Å². The van der Waals surface area contributed by atoms with Crippen LogP contribution in [0.5, 0.6) is 5.75 Å². The number of benzene rings is 1. The van der Waals surface area contributed by atoms with Crippen molar-refractivity contribution >= 4 is 0 Å². The Hall–Kier alpha value is -1.91. The molecule has 1 atom stereocenters. The smallest absolute Gasteiger partial charge is 0.119 e. The van der Waals surface area contributed by atoms with Crippen LogP contribution in [0.2, 0.25) is 0 Å². The maximum Gasteiger partial charge on any atom is 0.119 e. The number of pyridine rings is 1. The molecule has 0 bridgehead atoms. The normalized spacial score (nSPS) is 17.6. The molecule has 3 rings (SSSR count). The number of piperidine rings is 1. The second-order valence-corrected chi connectivity index (χ2v) is 6.98. The minimum Gasteiger partial charge on any atom is -0.493 e. The van der Waals surface area contributed by atoms with Crippen molar-refractivity contribution in [1.29, 1.82) is 0 Å². The highest BCUT2D eigenvalue weighted by atomic mass is 16.5. The SMILES string of the molecule is CN(CCc1ccccn1)Cc1ccc(OC[C@@H]2CCCNC2)cc1. The van der Waals surface area contributed by atoms with Crippen molar-refractivity contribution < 1.29 is 4.74 Å². The molecule has 1 aliphatic heterocycles. The Morgan fingerprint density at radius 3 is 2.80 bits per heavy atom. The van der Waals surface area contributed by atoms with Crippen LogP contribution in [0.1, 0.15) is 24.1 Å². The largest absolute Gasteiger partial charge is 0.493 e. The Morgan fingerprint density at radius 2 is 2.08 bits per heavy atom. The molecule has 0 unspecified atom stereocenters. The first-order chi connectivity index (χ1) is 12.3. The summed E-state index contributed by atoms with van der Waals surface area (Å²) in [6.07, 6.45) is 5.37. The molecule has 1 aromatic carbocycles. The van der Waals surface area contributed by atoms with E-state index in [1.54, 1.807) is 0 Å². The Morgan fingerprint density at radius 1 is 1.20 bits per heavy atom. The molecule has 0 spiro atoms. The van der Waals surface area contributed by atoms with E-state index in [2.05, 4.69) is 52.6 Å². The molecular formula is C21H29N3O. The molecule has 0 amide bonds. The van der Waals surface area contributed by atoms with Crippen molar-refractivity contribution in [3.63, 3.8) is 0 Å². The average molecular weight is 339 g/mol. The summed E-state index contributed by atoms with van der Waals surface area (Å²) in [5, 5.41) is 3.44. The molecule has 25 heavy (non-hydrogen) atoms. The lowest BCUT2D eigenvalue weighted by Gasteiger charge is -2.22. The molecule has 1 aliphatic rings. The molecule has 134 valence electrons. The molecule has 1 fully saturated rings. The van der Waals surface area contributed by atoms with Crippen LogP contribution in [0, 0.1) is 5.92 Å². The zero-order chi connectivity index (χ0) is 17.3. The van der Waals surface area contributed by atoms with E-state index in [-0.39, 0.29) is 0 Å². The zero-order valence-electron chi connectivity index (χ0n) is 15.2. The van der Waals surface area contributed by atoms with Crippen molar-refractivity contribution in [2.45, 2.75) is 25.8 Å². The van der Waals surface area contributed by atoms with Crippen LogP contribution in [0.3, 0.4) is 0 Å². The molecule has 0 saturated carbocycles. The van der Waals surface area contributed by atoms with Crippen LogP contribution in [-0.4, -0.2) is 43.2 Å². The van der Waals surface area contributed by atoms with E-state index in [0.29, 0.717) is 5.92 Å². The van der Waals surface area contributed by atoms with Crippen LogP contribution in [0.4, 0.5) is 0 Å². The number of nitrogens with one attached hydrogen (secondary N) is 1. The summed E-state index contributed by atoms with van der Waals surface area (Å²) < 4.78 is 5.95. The van der Waals surface area contributed by atoms with Gasteiger partial charge in [0, 0.05) is 43.9 Å². The van der Waals surface area contributed by atoms with Gasteiger partial charge in [-0.3, -0.25) is 4.98 Å². The third kappa shape index (κ3) is 6.15. The Balaban J connectivity index is 1.40. The van der Waals surface area contributed by atoms with Gasteiger partial charge in [-0.25, -0.2) is 0 Å². The van der Waals surface area contributed by atoms with Gasteiger partial charge >= 0.3 is 0 Å². The van der Waals surface area contributed by atoms with Crippen LogP contribution in [0.15, 0.2) is 48.7 Å². The topological polar surface area (TPSA) is 37.4 Å². The molecule has 1 N–H and O–H groups in total. The van der Waals surface area contributed by atoms with Crippen molar-refractivity contribution in [2.24, 2.45) is 5.92 Å². The minimum atomic E-state index is 0.645. The molecule has 0 aliphatic carbocycles. The summed E-state index contributed by atoms with van der Waals surface area (Å²) in [5.41, 5.74) is 2.46. The van der Waals surface area contributed by atoms with Crippen molar-refractivity contribution in [3.05, 3.63) is 59.9 Å². The first kappa shape index (κ1) is 17.9. The van der Waals surface area contributed by atoms with E-state index in [4.69, 9.17) is 4.74 Å². The maximum atomic E-state index is 5.95. The second-order valence-electron chi connectivity index (χ2n) is 6.98.